The fraction of sp³-hybridized carbons (Fsp3) is 0.529. The zero-order valence-electron chi connectivity index (χ0n) is 13.7. The normalized spacial score (nSPS) is 16.8. The Balaban J connectivity index is 1.90. The lowest BCUT2D eigenvalue weighted by molar-refractivity contribution is -0.131. The Morgan fingerprint density at radius 2 is 2.00 bits per heavy atom. The van der Waals surface area contributed by atoms with E-state index in [0.717, 1.165) is 12.8 Å². The summed E-state index contributed by atoms with van der Waals surface area (Å²) in [6.07, 6.45) is 1.34. The maximum absolute atomic E-state index is 12.3. The first kappa shape index (κ1) is 16.3. The summed E-state index contributed by atoms with van der Waals surface area (Å²) in [4.78, 5) is 25.6. The Kier molecular flexibility index (Phi) is 4.74. The van der Waals surface area contributed by atoms with Crippen LogP contribution in [0.2, 0.25) is 0 Å². The van der Waals surface area contributed by atoms with Gasteiger partial charge in [0.1, 0.15) is 12.1 Å². The van der Waals surface area contributed by atoms with Crippen LogP contribution in [0.4, 0.5) is 4.79 Å². The van der Waals surface area contributed by atoms with Crippen LogP contribution < -0.4 is 5.32 Å². The molecule has 0 bridgehead atoms. The fourth-order valence-corrected chi connectivity index (χ4v) is 2.70. The van der Waals surface area contributed by atoms with Gasteiger partial charge in [-0.3, -0.25) is 4.79 Å². The number of amides is 2. The number of benzene rings is 1. The standard InChI is InChI=1S/C17H24N2O3/c1-17(2,3)22-16(21)18-11-15(20)19(4)14-10-9-12-7-5-6-8-13(12)14/h5-8,14H,9-11H2,1-4H3,(H,18,21)/t14-/m0/s1. The number of aryl methyl sites for hydroxylation is 1. The minimum atomic E-state index is -0.568. The van der Waals surface area contributed by atoms with Crippen molar-refractivity contribution in [3.63, 3.8) is 0 Å². The molecule has 0 aromatic heterocycles. The molecule has 2 amide bonds. The number of hydrogen-bond donors (Lipinski definition) is 1. The highest BCUT2D eigenvalue weighted by atomic mass is 16.6. The fourth-order valence-electron chi connectivity index (χ4n) is 2.70. The number of alkyl carbamates (subject to hydrolysis) is 1. The molecule has 1 N–H and O–H groups in total. The first-order chi connectivity index (χ1) is 10.3. The number of hydrogen-bond acceptors (Lipinski definition) is 3. The second-order valence-corrected chi connectivity index (χ2v) is 6.61. The lowest BCUT2D eigenvalue weighted by Gasteiger charge is -2.26. The smallest absolute Gasteiger partial charge is 0.408 e. The summed E-state index contributed by atoms with van der Waals surface area (Å²) in [5.41, 5.74) is 1.94. The summed E-state index contributed by atoms with van der Waals surface area (Å²) in [6.45, 7) is 5.31. The maximum atomic E-state index is 12.3. The number of carbonyl (C=O) groups excluding carboxylic acids is 2. The molecule has 0 aliphatic heterocycles. The molecule has 1 aliphatic rings. The molecule has 1 aliphatic carbocycles. The van der Waals surface area contributed by atoms with Crippen molar-refractivity contribution in [3.8, 4) is 0 Å². The average Bonchev–Trinajstić information content (AvgIpc) is 2.86. The SMILES string of the molecule is CN(C(=O)CNC(=O)OC(C)(C)C)[C@H]1CCc2ccccc21. The Labute approximate surface area is 131 Å². The van der Waals surface area contributed by atoms with Crippen molar-refractivity contribution in [2.75, 3.05) is 13.6 Å². The summed E-state index contributed by atoms with van der Waals surface area (Å²) in [7, 11) is 1.78. The van der Waals surface area contributed by atoms with Crippen molar-refractivity contribution < 1.29 is 14.3 Å². The first-order valence-electron chi connectivity index (χ1n) is 7.58. The number of carbonyl (C=O) groups is 2. The highest BCUT2D eigenvalue weighted by molar-refractivity contribution is 5.82. The van der Waals surface area contributed by atoms with Gasteiger partial charge in [-0.15, -0.1) is 0 Å². The van der Waals surface area contributed by atoms with Crippen LogP contribution in [0, 0.1) is 0 Å². The summed E-state index contributed by atoms with van der Waals surface area (Å²) in [5.74, 6) is -0.118. The molecule has 0 saturated carbocycles. The van der Waals surface area contributed by atoms with E-state index in [-0.39, 0.29) is 18.5 Å². The van der Waals surface area contributed by atoms with Crippen LogP contribution in [0.15, 0.2) is 24.3 Å². The molecule has 0 unspecified atom stereocenters. The summed E-state index contributed by atoms with van der Waals surface area (Å²) >= 11 is 0. The van der Waals surface area contributed by atoms with Crippen LogP contribution in [0.5, 0.6) is 0 Å². The molecule has 0 fully saturated rings. The van der Waals surface area contributed by atoms with Gasteiger partial charge < -0.3 is 15.0 Å². The predicted molar refractivity (Wildman–Crippen MR) is 84.5 cm³/mol. The van der Waals surface area contributed by atoms with Crippen LogP contribution in [-0.2, 0) is 16.0 Å². The average molecular weight is 304 g/mol. The van der Waals surface area contributed by atoms with Crippen molar-refractivity contribution >= 4 is 12.0 Å². The molecular weight excluding hydrogens is 280 g/mol. The molecule has 22 heavy (non-hydrogen) atoms. The Bertz CT molecular complexity index is 563. The zero-order valence-corrected chi connectivity index (χ0v) is 13.7. The molecule has 2 rings (SSSR count). The molecule has 5 heteroatoms. The number of ether oxygens (including phenoxy) is 1. The Hall–Kier alpha value is -2.04. The number of nitrogens with zero attached hydrogens (tertiary/aromatic N) is 1. The molecule has 0 spiro atoms. The summed E-state index contributed by atoms with van der Waals surface area (Å²) < 4.78 is 5.13. The molecular formula is C17H24N2O3. The third-order valence-corrected chi connectivity index (χ3v) is 3.74. The molecule has 0 radical (unpaired) electrons. The Morgan fingerprint density at radius 3 is 2.68 bits per heavy atom. The van der Waals surface area contributed by atoms with E-state index in [1.54, 1.807) is 32.7 Å². The second kappa shape index (κ2) is 6.38. The van der Waals surface area contributed by atoms with Crippen LogP contribution in [0.3, 0.4) is 0 Å². The maximum Gasteiger partial charge on any atom is 0.408 e. The quantitative estimate of drug-likeness (QED) is 0.934. The molecule has 120 valence electrons. The zero-order chi connectivity index (χ0) is 16.3. The third kappa shape index (κ3) is 4.00. The largest absolute Gasteiger partial charge is 0.444 e. The molecule has 1 aromatic rings. The monoisotopic (exact) mass is 304 g/mol. The second-order valence-electron chi connectivity index (χ2n) is 6.61. The molecule has 1 atom stereocenters. The Morgan fingerprint density at radius 1 is 1.32 bits per heavy atom. The highest BCUT2D eigenvalue weighted by Crippen LogP contribution is 2.34. The van der Waals surface area contributed by atoms with E-state index in [1.165, 1.54) is 11.1 Å². The first-order valence-corrected chi connectivity index (χ1v) is 7.58. The highest BCUT2D eigenvalue weighted by Gasteiger charge is 2.28. The topological polar surface area (TPSA) is 58.6 Å². The third-order valence-electron chi connectivity index (χ3n) is 3.74. The number of rotatable bonds is 3. The van der Waals surface area contributed by atoms with Crippen molar-refractivity contribution in [1.29, 1.82) is 0 Å². The van der Waals surface area contributed by atoms with Crippen molar-refractivity contribution in [1.82, 2.24) is 10.2 Å². The number of fused-ring (bicyclic) bond motifs is 1. The minimum Gasteiger partial charge on any atom is -0.444 e. The van der Waals surface area contributed by atoms with Crippen LogP contribution in [0.25, 0.3) is 0 Å². The van der Waals surface area contributed by atoms with E-state index in [0.29, 0.717) is 0 Å². The van der Waals surface area contributed by atoms with Gasteiger partial charge in [0.15, 0.2) is 0 Å². The van der Waals surface area contributed by atoms with Gasteiger partial charge in [0.05, 0.1) is 6.04 Å². The minimum absolute atomic E-state index is 0.0515. The van der Waals surface area contributed by atoms with Crippen molar-refractivity contribution in [2.24, 2.45) is 0 Å². The molecule has 1 aromatic carbocycles. The van der Waals surface area contributed by atoms with Crippen molar-refractivity contribution in [2.45, 2.75) is 45.3 Å². The van der Waals surface area contributed by atoms with E-state index < -0.39 is 11.7 Å². The van der Waals surface area contributed by atoms with E-state index >= 15 is 0 Å². The van der Waals surface area contributed by atoms with Crippen LogP contribution in [0.1, 0.15) is 44.4 Å². The van der Waals surface area contributed by atoms with Gasteiger partial charge in [-0.25, -0.2) is 4.79 Å². The summed E-state index contributed by atoms with van der Waals surface area (Å²) in [5, 5.41) is 2.51. The van der Waals surface area contributed by atoms with E-state index in [2.05, 4.69) is 17.4 Å². The van der Waals surface area contributed by atoms with E-state index in [4.69, 9.17) is 4.74 Å². The number of likely N-dealkylation sites (N-methyl/N-ethyl adjacent to an activating group) is 1. The van der Waals surface area contributed by atoms with Crippen molar-refractivity contribution in [3.05, 3.63) is 35.4 Å². The lowest BCUT2D eigenvalue weighted by atomic mass is 10.1. The van der Waals surface area contributed by atoms with Gasteiger partial charge in [0, 0.05) is 7.05 Å². The van der Waals surface area contributed by atoms with Gasteiger partial charge >= 0.3 is 6.09 Å². The van der Waals surface area contributed by atoms with Gasteiger partial charge in [-0.05, 0) is 44.7 Å². The number of nitrogens with one attached hydrogen (secondary N) is 1. The van der Waals surface area contributed by atoms with Gasteiger partial charge in [-0.2, -0.15) is 0 Å². The van der Waals surface area contributed by atoms with Gasteiger partial charge in [0.25, 0.3) is 0 Å². The van der Waals surface area contributed by atoms with Crippen LogP contribution in [-0.4, -0.2) is 36.1 Å². The van der Waals surface area contributed by atoms with Gasteiger partial charge in [0.2, 0.25) is 5.91 Å². The van der Waals surface area contributed by atoms with Crippen LogP contribution >= 0.6 is 0 Å². The van der Waals surface area contributed by atoms with E-state index in [1.807, 2.05) is 12.1 Å². The van der Waals surface area contributed by atoms with E-state index in [9.17, 15) is 9.59 Å². The van der Waals surface area contributed by atoms with Gasteiger partial charge in [-0.1, -0.05) is 24.3 Å². The predicted octanol–water partition coefficient (Wildman–Crippen LogP) is 2.66. The molecule has 5 nitrogen and oxygen atoms in total. The lowest BCUT2D eigenvalue weighted by Crippen LogP contribution is -2.41. The molecule has 0 heterocycles. The molecule has 0 saturated heterocycles. The summed E-state index contributed by atoms with van der Waals surface area (Å²) in [6, 6.07) is 8.27.